The van der Waals surface area contributed by atoms with E-state index in [1.807, 2.05) is 0 Å². The average Bonchev–Trinajstić information content (AvgIpc) is 3.31. The minimum atomic E-state index is -0.481. The van der Waals surface area contributed by atoms with Gasteiger partial charge in [0.15, 0.2) is 0 Å². The molecule has 0 amide bonds. The van der Waals surface area contributed by atoms with Gasteiger partial charge in [0.25, 0.3) is 0 Å². The number of rotatable bonds is 6. The molecule has 1 fully saturated rings. The molecule has 6 atom stereocenters. The minimum absolute atomic E-state index is 0.456. The van der Waals surface area contributed by atoms with Gasteiger partial charge < -0.3 is 0 Å². The second-order valence-corrected chi connectivity index (χ2v) is 31.7. The minimum Gasteiger partial charge on any atom is -0.288 e. The summed E-state index contributed by atoms with van der Waals surface area (Å²) in [5, 5.41) is 6.78. The largest absolute Gasteiger partial charge is 0.288 e. The molecule has 0 N–H and O–H groups in total. The summed E-state index contributed by atoms with van der Waals surface area (Å²) in [6.45, 7) is 28.8. The van der Waals surface area contributed by atoms with Crippen LogP contribution in [0.1, 0.15) is 140 Å². The Morgan fingerprint density at radius 1 is 0.333 bits per heavy atom. The first-order valence-electron chi connectivity index (χ1n) is 27.6. The summed E-state index contributed by atoms with van der Waals surface area (Å²) in [5.41, 5.74) is 24.2. The Balaban J connectivity index is 1.22. The molecule has 0 bridgehead atoms. The fourth-order valence-electron chi connectivity index (χ4n) is 14.2. The van der Waals surface area contributed by atoms with Crippen LogP contribution in [0.2, 0.25) is 0 Å². The molecule has 3 aliphatic rings. The Labute approximate surface area is 442 Å². The molecule has 0 saturated carbocycles. The summed E-state index contributed by atoms with van der Waals surface area (Å²) >= 11 is 0. The summed E-state index contributed by atoms with van der Waals surface area (Å²) in [5.74, 6) is 0. The maximum absolute atomic E-state index is 3.13. The fraction of sp³-hybridized carbons (Fsp3) is 0.455. The van der Waals surface area contributed by atoms with E-state index >= 15 is 0 Å². The Hall–Kier alpha value is -3.04. The van der Waals surface area contributed by atoms with E-state index in [4.69, 9.17) is 0 Å². The molecule has 1 heterocycles. The normalized spacial score (nSPS) is 23.1. The highest BCUT2D eigenvalue weighted by atomic mass is 31.1. The lowest BCUT2D eigenvalue weighted by molar-refractivity contribution is 0.243. The van der Waals surface area contributed by atoms with Gasteiger partial charge in [-0.3, -0.25) is 9.80 Å². The molecule has 1 aliphatic heterocycles. The van der Waals surface area contributed by atoms with Crippen molar-refractivity contribution in [3.05, 3.63) is 186 Å². The van der Waals surface area contributed by atoms with E-state index < -0.39 is 31.7 Å². The van der Waals surface area contributed by atoms with Crippen molar-refractivity contribution in [2.75, 3.05) is 49.8 Å². The van der Waals surface area contributed by atoms with Crippen molar-refractivity contribution in [2.24, 2.45) is 0 Å². The first kappa shape index (κ1) is 53.8. The van der Waals surface area contributed by atoms with Crippen molar-refractivity contribution in [1.29, 1.82) is 0 Å². The lowest BCUT2D eigenvalue weighted by atomic mass is 9.87. The predicted octanol–water partition coefficient (Wildman–Crippen LogP) is 16.3. The van der Waals surface area contributed by atoms with Crippen molar-refractivity contribution in [3.8, 4) is 0 Å². The number of hydrogen-bond donors (Lipinski definition) is 0. The third kappa shape index (κ3) is 12.1. The van der Waals surface area contributed by atoms with Crippen LogP contribution in [0.3, 0.4) is 0 Å². The highest BCUT2D eigenvalue weighted by Gasteiger charge is 2.35. The number of hydrogen-bond acceptors (Lipinski definition) is 2. The zero-order valence-corrected chi connectivity index (χ0v) is 50.0. The molecule has 6 aromatic rings. The molecule has 6 aromatic carbocycles. The smallest absolute Gasteiger partial charge is 0.0358 e. The molecule has 1 saturated heterocycles. The molecule has 380 valence electrons. The van der Waals surface area contributed by atoms with Gasteiger partial charge in [-0.1, -0.05) is 151 Å². The lowest BCUT2D eigenvalue weighted by Crippen LogP contribution is -2.37. The molecule has 0 aromatic heterocycles. The van der Waals surface area contributed by atoms with Crippen LogP contribution in [0, 0.1) is 83.1 Å². The van der Waals surface area contributed by atoms with Crippen LogP contribution < -0.4 is 21.2 Å². The maximum atomic E-state index is 3.13. The van der Waals surface area contributed by atoms with Gasteiger partial charge in [0.05, 0.1) is 0 Å². The SMILES string of the molecule is Cc1cc(C)c([P@]2CCC[P@](c3c(C)cc(C)cc3C)CN([C@H]3CCCc4ccccc43)C[P@@](c3c(C)cc(C)cc3C)CCC[P@](c3c(C)cc(C)cc3C)CN([C@H]3CCCc4ccccc43)C2)c(C)c1. The number of nitrogens with zero attached hydrogens (tertiary/aromatic N) is 2. The van der Waals surface area contributed by atoms with Gasteiger partial charge in [0.1, 0.15) is 0 Å². The van der Waals surface area contributed by atoms with Gasteiger partial charge in [-0.2, -0.15) is 0 Å². The fourth-order valence-corrected chi connectivity index (χ4v) is 26.6. The van der Waals surface area contributed by atoms with Crippen LogP contribution in [-0.2, 0) is 12.8 Å². The molecular formula is C66H86N2P4. The predicted molar refractivity (Wildman–Crippen MR) is 325 cm³/mol. The number of fused-ring (bicyclic) bond motifs is 2. The van der Waals surface area contributed by atoms with Gasteiger partial charge in [-0.15, -0.1) is 0 Å². The second-order valence-electron chi connectivity index (χ2n) is 22.7. The van der Waals surface area contributed by atoms with E-state index in [2.05, 4.69) is 190 Å². The standard InChI is InChI=1S/C66H86N2P4/c1-45-33-49(5)63(50(6)34-45)69-29-19-30-70(64-51(7)35-46(2)36-52(64)8)43-68(62-28-18-24-58-22-14-16-26-60(58)62)44-72(66-55(11)39-48(4)40-56(66)12)32-20-31-71(65-53(9)37-47(3)38-54(65)10)42-67(41-69)61-27-17-23-57-21-13-15-25-59(57)61/h13-16,21-22,25-26,33-40,61-62H,17-20,23-24,27-32,41-44H2,1-12H3/t61-,62-,69-,70-,71-,72+/m0/s1. The molecule has 72 heavy (non-hydrogen) atoms. The third-order valence-electron chi connectivity index (χ3n) is 16.5. The highest BCUT2D eigenvalue weighted by Crippen LogP contribution is 2.53. The summed E-state index contributed by atoms with van der Waals surface area (Å²) in [4.78, 5) is 6.27. The van der Waals surface area contributed by atoms with Crippen LogP contribution in [-0.4, -0.2) is 59.6 Å². The van der Waals surface area contributed by atoms with Crippen molar-refractivity contribution in [3.63, 3.8) is 0 Å². The molecular weight excluding hydrogens is 945 g/mol. The Morgan fingerprint density at radius 2 is 0.583 bits per heavy atom. The first-order chi connectivity index (χ1) is 34.6. The third-order valence-corrected chi connectivity index (χ3v) is 28.1. The molecule has 2 aliphatic carbocycles. The van der Waals surface area contributed by atoms with Crippen LogP contribution in [0.15, 0.2) is 97.1 Å². The van der Waals surface area contributed by atoms with E-state index in [0.29, 0.717) is 12.1 Å². The molecule has 0 spiro atoms. The van der Waals surface area contributed by atoms with E-state index in [9.17, 15) is 0 Å². The lowest BCUT2D eigenvalue weighted by Gasteiger charge is -2.42. The van der Waals surface area contributed by atoms with E-state index in [1.165, 1.54) is 168 Å². The number of aryl methyl sites for hydroxylation is 14. The van der Waals surface area contributed by atoms with Crippen LogP contribution in [0.25, 0.3) is 0 Å². The molecule has 0 unspecified atom stereocenters. The van der Waals surface area contributed by atoms with Crippen molar-refractivity contribution >= 4 is 52.9 Å². The Kier molecular flexibility index (Phi) is 17.8. The van der Waals surface area contributed by atoms with Crippen molar-refractivity contribution in [2.45, 2.75) is 147 Å². The monoisotopic (exact) mass is 1030 g/mol. The van der Waals surface area contributed by atoms with E-state index in [0.717, 1.165) is 0 Å². The Morgan fingerprint density at radius 3 is 0.847 bits per heavy atom. The van der Waals surface area contributed by atoms with Gasteiger partial charge in [-0.25, -0.2) is 0 Å². The van der Waals surface area contributed by atoms with Crippen LogP contribution in [0.4, 0.5) is 0 Å². The zero-order valence-electron chi connectivity index (χ0n) is 46.4. The highest BCUT2D eigenvalue weighted by molar-refractivity contribution is 7.68. The zero-order chi connectivity index (χ0) is 50.8. The van der Waals surface area contributed by atoms with E-state index in [-0.39, 0.29) is 0 Å². The molecule has 0 radical (unpaired) electrons. The average molecular weight is 1030 g/mol. The summed E-state index contributed by atoms with van der Waals surface area (Å²) in [6, 6.07) is 40.2. The van der Waals surface area contributed by atoms with Crippen molar-refractivity contribution < 1.29 is 0 Å². The first-order valence-corrected chi connectivity index (χ1v) is 34.4. The topological polar surface area (TPSA) is 6.48 Å². The van der Waals surface area contributed by atoms with Gasteiger partial charge >= 0.3 is 0 Å². The Bertz CT molecular complexity index is 2460. The summed E-state index contributed by atoms with van der Waals surface area (Å²) in [6.07, 6.45) is 19.9. The number of benzene rings is 6. The maximum Gasteiger partial charge on any atom is 0.0358 e. The molecule has 6 heteroatoms. The molecule has 2 nitrogen and oxygen atoms in total. The summed E-state index contributed by atoms with van der Waals surface area (Å²) < 4.78 is 0. The quantitative estimate of drug-likeness (QED) is 0.153. The van der Waals surface area contributed by atoms with Crippen LogP contribution >= 0.6 is 31.7 Å². The summed E-state index contributed by atoms with van der Waals surface area (Å²) in [7, 11) is -1.92. The van der Waals surface area contributed by atoms with Gasteiger partial charge in [0, 0.05) is 37.2 Å². The van der Waals surface area contributed by atoms with Crippen LogP contribution in [0.5, 0.6) is 0 Å². The second kappa shape index (κ2) is 23.9. The molecule has 9 rings (SSSR count). The van der Waals surface area contributed by atoms with Crippen molar-refractivity contribution in [1.82, 2.24) is 9.80 Å². The van der Waals surface area contributed by atoms with E-state index in [1.54, 1.807) is 43.5 Å². The van der Waals surface area contributed by atoms with Gasteiger partial charge in [-0.05, 0) is 247 Å². The van der Waals surface area contributed by atoms with Gasteiger partial charge in [0.2, 0.25) is 0 Å².